The van der Waals surface area contributed by atoms with Crippen molar-refractivity contribution in [2.75, 3.05) is 0 Å². The molecule has 2 aliphatic rings. The molecule has 1 saturated carbocycles. The van der Waals surface area contributed by atoms with Gasteiger partial charge in [-0.15, -0.1) is 0 Å². The third-order valence-corrected chi connectivity index (χ3v) is 17.6. The van der Waals surface area contributed by atoms with E-state index in [-0.39, 0.29) is 22.9 Å². The van der Waals surface area contributed by atoms with Gasteiger partial charge >= 0.3 is 449 Å². The molecule has 1 aliphatic carbocycles. The van der Waals surface area contributed by atoms with E-state index in [1.807, 2.05) is 0 Å². The number of aromatic hydroxyl groups is 2. The fraction of sp³-hybridized carbons (Fsp3) is 0.286. The molecule has 0 spiro atoms. The number of fused-ring (bicyclic) bond motifs is 1. The second kappa shape index (κ2) is 23.8. The Morgan fingerprint density at radius 2 is 0.647 bits per heavy atom. The van der Waals surface area contributed by atoms with Crippen molar-refractivity contribution in [1.29, 1.82) is 0 Å². The summed E-state index contributed by atoms with van der Waals surface area (Å²) in [6.07, 6.45) is -12.1. The summed E-state index contributed by atoms with van der Waals surface area (Å²) in [6.45, 7) is 13.2. The van der Waals surface area contributed by atoms with Crippen molar-refractivity contribution in [2.24, 2.45) is 0 Å². The molecule has 2 fully saturated rings. The molecular weight excluding hydrogens is 1150 g/mol. The maximum absolute atomic E-state index is 12.6. The van der Waals surface area contributed by atoms with Crippen molar-refractivity contribution in [2.45, 2.75) is 125 Å². The average Bonchev–Trinajstić information content (AvgIpc) is 1.41. The first-order valence-electron chi connectivity index (χ1n) is 27.9. The summed E-state index contributed by atoms with van der Waals surface area (Å²) in [5, 5.41) is 34.5. The molecule has 1 saturated heterocycles. The first-order valence-corrected chi connectivity index (χ1v) is 28.9. The molecule has 5 nitrogen and oxygen atoms in total. The van der Waals surface area contributed by atoms with Gasteiger partial charge in [0.05, 0.1) is 0 Å². The summed E-state index contributed by atoms with van der Waals surface area (Å²) in [7, 11) is 0. The van der Waals surface area contributed by atoms with Crippen molar-refractivity contribution < 1.29 is 77.2 Å². The molecule has 0 radical (unpaired) electrons. The predicted octanol–water partition coefficient (Wildman–Crippen LogP) is 16.0. The number of phenols is 2. The largest absolute Gasteiger partial charge is 0.795 e. The van der Waals surface area contributed by atoms with Gasteiger partial charge in [0.2, 0.25) is 6.11 Å². The summed E-state index contributed by atoms with van der Waals surface area (Å²) < 4.78 is 108. The Hall–Kier alpha value is -7.46. The van der Waals surface area contributed by atoms with Crippen molar-refractivity contribution in [3.05, 3.63) is 273 Å². The standard InChI is InChI=1S/C66H66N2O2.C4F9O.Co/c1-63(2,3)57-43-55(65(49-27-13-7-14-28-49,50-29-15-8-16-30-50)51-31-17-9-18-32-51)41-47(61(57)69)45-67-59-39-25-26-40-60(59)68-46-48-42-56(44-58(62(48)70)64(4,5)6)66(52-33-19-10-20-34-52,53-35-21-11-22-36-53)54-37-23-12-24-38-54;5-1(2(6,7)8,3(9,10)11)4(12,13)14;/h7-24,27-38,41-46,59-60,69-70H,25-26,39-40H2,1-6H3;;/q;-1;+2/t59-,60-;;/m1../s1. The van der Waals surface area contributed by atoms with E-state index in [1.165, 1.54) is 0 Å². The number of rotatable bonds is 11. The van der Waals surface area contributed by atoms with Crippen molar-refractivity contribution in [3.8, 4) is 11.5 Å². The maximum atomic E-state index is 12.6. The van der Waals surface area contributed by atoms with Gasteiger partial charge in [0, 0.05) is 0 Å². The van der Waals surface area contributed by atoms with E-state index in [4.69, 9.17) is 0 Å². The molecule has 1 heterocycles. The Morgan fingerprint density at radius 3 is 0.847 bits per heavy atom. The zero-order valence-corrected chi connectivity index (χ0v) is 48.7. The van der Waals surface area contributed by atoms with Gasteiger partial charge in [-0.1, -0.05) is 0 Å². The molecule has 10 rings (SSSR count). The first-order chi connectivity index (χ1) is 40.1. The van der Waals surface area contributed by atoms with Crippen LogP contribution in [0, 0.1) is 0 Å². The number of nitrogens with zero attached hydrogens (tertiary/aromatic N) is 2. The van der Waals surface area contributed by atoms with Crippen LogP contribution < -0.4 is 5.11 Å². The summed E-state index contributed by atoms with van der Waals surface area (Å²) >= 11 is 1.02. The van der Waals surface area contributed by atoms with E-state index in [0.29, 0.717) is 11.5 Å². The number of benzene rings is 8. The van der Waals surface area contributed by atoms with Crippen LogP contribution >= 0.6 is 0 Å². The number of hydrogen-bond donors (Lipinski definition) is 2. The van der Waals surface area contributed by atoms with Crippen molar-refractivity contribution in [3.63, 3.8) is 0 Å². The smallest absolute Gasteiger partial charge is 0.436 e. The Kier molecular flexibility index (Phi) is 17.4. The predicted molar refractivity (Wildman–Crippen MR) is 308 cm³/mol. The number of phenolic OH excluding ortho intramolecular Hbond substituents is 2. The minimum Gasteiger partial charge on any atom is -0.795 e. The number of halogens is 9. The molecule has 1 aliphatic heterocycles. The molecule has 8 aromatic rings. The van der Waals surface area contributed by atoms with E-state index in [2.05, 4.69) is 267 Å². The zero-order valence-electron chi connectivity index (χ0n) is 47.7. The quantitative estimate of drug-likeness (QED) is 0.100. The van der Waals surface area contributed by atoms with Gasteiger partial charge in [0.25, 0.3) is 0 Å². The normalized spacial score (nSPS) is 17.4. The minimum atomic E-state index is -7.08. The van der Waals surface area contributed by atoms with Gasteiger partial charge in [0.1, 0.15) is 0 Å². The van der Waals surface area contributed by atoms with Crippen LogP contribution in [0.15, 0.2) is 206 Å². The van der Waals surface area contributed by atoms with Gasteiger partial charge in [-0.05, 0) is 0 Å². The van der Waals surface area contributed by atoms with E-state index in [9.17, 15) is 54.8 Å². The second-order valence-electron chi connectivity index (χ2n) is 23.7. The summed E-state index contributed by atoms with van der Waals surface area (Å²) in [5.41, 5.74) is 3.41. The Morgan fingerprint density at radius 1 is 0.400 bits per heavy atom. The number of hydrogen-bond acceptors (Lipinski definition) is 3. The fourth-order valence-corrected chi connectivity index (χ4v) is 13.6. The van der Waals surface area contributed by atoms with Crippen LogP contribution in [0.3, 0.4) is 0 Å². The van der Waals surface area contributed by atoms with Crippen molar-refractivity contribution in [1.82, 2.24) is 0 Å². The Balaban J connectivity index is 0.000000548. The first kappa shape index (κ1) is 62.1. The molecule has 0 unspecified atom stereocenters. The van der Waals surface area contributed by atoms with Gasteiger partial charge in [0.15, 0.2) is 0 Å². The van der Waals surface area contributed by atoms with Crippen LogP contribution in [-0.2, 0) is 36.8 Å². The summed E-state index contributed by atoms with van der Waals surface area (Å²) in [4.78, 5) is 0. The van der Waals surface area contributed by atoms with Crippen LogP contribution in [0.5, 0.6) is 11.5 Å². The van der Waals surface area contributed by atoms with E-state index < -0.39 is 35.0 Å². The van der Waals surface area contributed by atoms with Crippen molar-refractivity contribution >= 4 is 12.4 Å². The van der Waals surface area contributed by atoms with Crippen LogP contribution in [0.4, 0.5) is 39.5 Å². The van der Waals surface area contributed by atoms with Crippen LogP contribution in [0.25, 0.3) is 0 Å². The topological polar surface area (TPSA) is 69.5 Å². The SMILES string of the molecule is CC(C)(C)c1cc(C(c2ccccc2)(c2ccccc2)c2ccccc2)cc(C=[N+]2[Co][N+](=Cc3cc(C(c4ccccc4)(c4ccccc4)c4ccccc4)cc(C(C)(C)C)c3O)[C@@H]3CCCC[C@H]32)c1O.[O-]C(F)(F)C(F)(C(F)(F)F)C(F)(F)F. The molecule has 445 valence electrons. The fourth-order valence-electron chi connectivity index (χ4n) is 12.0. The van der Waals surface area contributed by atoms with E-state index >= 15 is 0 Å². The Bertz CT molecular complexity index is 3210. The molecule has 2 N–H and O–H groups in total. The van der Waals surface area contributed by atoms with Crippen LogP contribution in [0.2, 0.25) is 0 Å². The van der Waals surface area contributed by atoms with E-state index in [0.717, 1.165) is 108 Å². The van der Waals surface area contributed by atoms with Gasteiger partial charge in [-0.25, -0.2) is 13.2 Å². The molecule has 0 aromatic heterocycles. The monoisotopic (exact) mass is 1210 g/mol. The van der Waals surface area contributed by atoms with Gasteiger partial charge in [-0.3, -0.25) is 0 Å². The molecule has 0 bridgehead atoms. The van der Waals surface area contributed by atoms with Crippen LogP contribution in [-0.4, -0.2) is 66.1 Å². The summed E-state index contributed by atoms with van der Waals surface area (Å²) in [5.74, 6) is 0.626. The van der Waals surface area contributed by atoms with E-state index in [1.54, 1.807) is 0 Å². The maximum Gasteiger partial charge on any atom is 0.436 e. The van der Waals surface area contributed by atoms with Crippen LogP contribution in [0.1, 0.15) is 134 Å². The molecule has 8 aromatic carbocycles. The zero-order chi connectivity index (χ0) is 61.4. The Labute approximate surface area is 496 Å². The summed E-state index contributed by atoms with van der Waals surface area (Å²) in [6, 6.07) is 74.4. The average molecular weight is 1210 g/mol. The third kappa shape index (κ3) is 11.7. The molecular formula is C70H66CoF9N2O3+. The van der Waals surface area contributed by atoms with Gasteiger partial charge < -0.3 is 5.11 Å². The molecule has 0 amide bonds. The second-order valence-corrected chi connectivity index (χ2v) is 25.0. The van der Waals surface area contributed by atoms with Gasteiger partial charge in [-0.2, -0.15) is 26.3 Å². The molecule has 2 atom stereocenters. The molecule has 85 heavy (non-hydrogen) atoms. The number of alkyl halides is 9. The molecule has 15 heteroatoms. The minimum absolute atomic E-state index is 0.202. The third-order valence-electron chi connectivity index (χ3n) is 16.1.